The molecule has 0 aliphatic carbocycles. The first kappa shape index (κ1) is 16.4. The molecule has 2 aromatic rings. The van der Waals surface area contributed by atoms with Gasteiger partial charge in [-0.25, -0.2) is 0 Å². The topological polar surface area (TPSA) is 0 Å². The van der Waals surface area contributed by atoms with Crippen molar-refractivity contribution in [3.05, 3.63) is 66.2 Å². The van der Waals surface area contributed by atoms with Crippen molar-refractivity contribution in [3.8, 4) is 0 Å². The van der Waals surface area contributed by atoms with Gasteiger partial charge in [0.25, 0.3) is 0 Å². The normalized spacial score (nSPS) is 13.4. The van der Waals surface area contributed by atoms with Gasteiger partial charge in [0.05, 0.1) is 0 Å². The number of hydrogen-bond donors (Lipinski definition) is 0. The quantitative estimate of drug-likeness (QED) is 0.672. The second-order valence-corrected chi connectivity index (χ2v) is 7.17. The van der Waals surface area contributed by atoms with Crippen LogP contribution in [0.15, 0.2) is 60.7 Å². The lowest BCUT2D eigenvalue weighted by Gasteiger charge is -2.23. The number of benzene rings is 2. The van der Waals surface area contributed by atoms with Crippen LogP contribution in [0.3, 0.4) is 0 Å². The molecule has 0 fully saturated rings. The van der Waals surface area contributed by atoms with Gasteiger partial charge >= 0.3 is 0 Å². The standard InChI is InChI=1S/C17H21P.BrH/c1-3-16(14-15-10-6-4-7-11-15)18(2)17-12-8-5-9-13-17;/h4-13,16H,3,14H2,1-2H3;1H. The van der Waals surface area contributed by atoms with E-state index in [9.17, 15) is 0 Å². The zero-order chi connectivity index (χ0) is 12.8. The van der Waals surface area contributed by atoms with E-state index in [1.54, 1.807) is 0 Å². The zero-order valence-electron chi connectivity index (χ0n) is 11.6. The Morgan fingerprint density at radius 3 is 1.95 bits per heavy atom. The summed E-state index contributed by atoms with van der Waals surface area (Å²) in [7, 11) is -0.0629. The molecule has 0 bridgehead atoms. The predicted octanol–water partition coefficient (Wildman–Crippen LogP) is 5.02. The second-order valence-electron chi connectivity index (χ2n) is 4.70. The van der Waals surface area contributed by atoms with Gasteiger partial charge in [0, 0.05) is 0 Å². The molecular formula is C17H22BrP. The number of halogens is 1. The first-order valence-electron chi connectivity index (χ1n) is 6.63. The predicted molar refractivity (Wildman–Crippen MR) is 93.5 cm³/mol. The summed E-state index contributed by atoms with van der Waals surface area (Å²) in [4.78, 5) is 0. The number of hydrogen-bond acceptors (Lipinski definition) is 0. The van der Waals surface area contributed by atoms with E-state index >= 15 is 0 Å². The molecule has 0 heterocycles. The summed E-state index contributed by atoms with van der Waals surface area (Å²) >= 11 is 0. The van der Waals surface area contributed by atoms with Crippen molar-refractivity contribution < 1.29 is 0 Å². The van der Waals surface area contributed by atoms with Gasteiger partial charge in [-0.15, -0.1) is 17.0 Å². The lowest BCUT2D eigenvalue weighted by molar-refractivity contribution is 0.807. The van der Waals surface area contributed by atoms with Crippen LogP contribution >= 0.6 is 24.9 Å². The molecule has 2 unspecified atom stereocenters. The third-order valence-corrected chi connectivity index (χ3v) is 6.25. The van der Waals surface area contributed by atoms with Gasteiger partial charge in [-0.05, 0) is 36.0 Å². The molecule has 0 amide bonds. The minimum Gasteiger partial charge on any atom is -0.114 e. The molecule has 2 heteroatoms. The molecule has 0 aliphatic rings. The van der Waals surface area contributed by atoms with Crippen LogP contribution in [0.4, 0.5) is 0 Å². The minimum absolute atomic E-state index is 0. The Hall–Kier alpha value is -0.650. The van der Waals surface area contributed by atoms with Crippen LogP contribution in [0.5, 0.6) is 0 Å². The SMILES string of the molecule is Br.CCC(Cc1ccccc1)P(C)c1ccccc1. The molecule has 19 heavy (non-hydrogen) atoms. The van der Waals surface area contributed by atoms with Crippen LogP contribution in [0, 0.1) is 0 Å². The summed E-state index contributed by atoms with van der Waals surface area (Å²) in [6.45, 7) is 4.73. The van der Waals surface area contributed by atoms with E-state index in [1.165, 1.54) is 23.7 Å². The lowest BCUT2D eigenvalue weighted by atomic mass is 10.1. The first-order chi connectivity index (χ1) is 8.81. The van der Waals surface area contributed by atoms with Crippen LogP contribution < -0.4 is 5.30 Å². The van der Waals surface area contributed by atoms with E-state index in [2.05, 4.69) is 74.3 Å². The average Bonchev–Trinajstić information content (AvgIpc) is 2.46. The van der Waals surface area contributed by atoms with Gasteiger partial charge in [-0.3, -0.25) is 0 Å². The molecule has 102 valence electrons. The molecule has 0 N–H and O–H groups in total. The Balaban J connectivity index is 0.00000180. The number of rotatable bonds is 5. The summed E-state index contributed by atoms with van der Waals surface area (Å²) in [6, 6.07) is 21.8. The third-order valence-electron chi connectivity index (χ3n) is 3.50. The fourth-order valence-corrected chi connectivity index (χ4v) is 4.41. The van der Waals surface area contributed by atoms with Crippen LogP contribution in [0.2, 0.25) is 0 Å². The Bertz CT molecular complexity index is 455. The van der Waals surface area contributed by atoms with E-state index in [1.807, 2.05) is 0 Å². The van der Waals surface area contributed by atoms with Crippen molar-refractivity contribution in [3.63, 3.8) is 0 Å². The second kappa shape index (κ2) is 8.51. The summed E-state index contributed by atoms with van der Waals surface area (Å²) in [5.74, 6) is 0. The molecule has 2 rings (SSSR count). The van der Waals surface area contributed by atoms with E-state index in [0.29, 0.717) is 0 Å². The Morgan fingerprint density at radius 2 is 1.42 bits per heavy atom. The highest BCUT2D eigenvalue weighted by Crippen LogP contribution is 2.39. The molecule has 0 aromatic heterocycles. The highest BCUT2D eigenvalue weighted by Gasteiger charge is 2.16. The van der Waals surface area contributed by atoms with Crippen molar-refractivity contribution >= 4 is 30.2 Å². The molecule has 0 radical (unpaired) electrons. The largest absolute Gasteiger partial charge is 0.114 e. The van der Waals surface area contributed by atoms with Gasteiger partial charge in [0.1, 0.15) is 0 Å². The molecule has 0 saturated heterocycles. The zero-order valence-corrected chi connectivity index (χ0v) is 14.2. The smallest absolute Gasteiger partial charge is 0.0134 e. The third kappa shape index (κ3) is 4.75. The van der Waals surface area contributed by atoms with Crippen LogP contribution in [-0.2, 0) is 6.42 Å². The van der Waals surface area contributed by atoms with Crippen molar-refractivity contribution in [1.29, 1.82) is 0 Å². The van der Waals surface area contributed by atoms with E-state index < -0.39 is 0 Å². The van der Waals surface area contributed by atoms with E-state index in [0.717, 1.165) is 5.66 Å². The fraction of sp³-hybridized carbons (Fsp3) is 0.294. The van der Waals surface area contributed by atoms with Crippen LogP contribution in [0.25, 0.3) is 0 Å². The van der Waals surface area contributed by atoms with E-state index in [4.69, 9.17) is 0 Å². The maximum Gasteiger partial charge on any atom is -0.0134 e. The molecule has 0 spiro atoms. The van der Waals surface area contributed by atoms with E-state index in [-0.39, 0.29) is 24.9 Å². The van der Waals surface area contributed by atoms with Gasteiger partial charge < -0.3 is 0 Å². The molecule has 0 aliphatic heterocycles. The Labute approximate surface area is 128 Å². The van der Waals surface area contributed by atoms with Crippen molar-refractivity contribution in [1.82, 2.24) is 0 Å². The van der Waals surface area contributed by atoms with Crippen molar-refractivity contribution in [2.45, 2.75) is 25.4 Å². The van der Waals surface area contributed by atoms with Crippen molar-refractivity contribution in [2.75, 3.05) is 6.66 Å². The average molecular weight is 337 g/mol. The van der Waals surface area contributed by atoms with Gasteiger partial charge in [0.15, 0.2) is 0 Å². The van der Waals surface area contributed by atoms with Gasteiger partial charge in [-0.1, -0.05) is 75.5 Å². The fourth-order valence-electron chi connectivity index (χ4n) is 2.32. The molecule has 2 atom stereocenters. The monoisotopic (exact) mass is 336 g/mol. The lowest BCUT2D eigenvalue weighted by Crippen LogP contribution is -2.15. The van der Waals surface area contributed by atoms with Gasteiger partial charge in [0.2, 0.25) is 0 Å². The minimum atomic E-state index is -0.0629. The summed E-state index contributed by atoms with van der Waals surface area (Å²) in [5.41, 5.74) is 2.25. The first-order valence-corrected chi connectivity index (χ1v) is 8.49. The van der Waals surface area contributed by atoms with Crippen LogP contribution in [-0.4, -0.2) is 12.3 Å². The molecule has 2 aromatic carbocycles. The van der Waals surface area contributed by atoms with Gasteiger partial charge in [-0.2, -0.15) is 0 Å². The summed E-state index contributed by atoms with van der Waals surface area (Å²) in [5, 5.41) is 1.52. The summed E-state index contributed by atoms with van der Waals surface area (Å²) < 4.78 is 0. The molecular weight excluding hydrogens is 315 g/mol. The molecule has 0 saturated carbocycles. The highest BCUT2D eigenvalue weighted by atomic mass is 79.9. The molecule has 0 nitrogen and oxygen atoms in total. The maximum atomic E-state index is 2.42. The Kier molecular flexibility index (Phi) is 7.34. The summed E-state index contributed by atoms with van der Waals surface area (Å²) in [6.07, 6.45) is 2.46. The maximum absolute atomic E-state index is 2.42. The van der Waals surface area contributed by atoms with Crippen LogP contribution in [0.1, 0.15) is 18.9 Å². The highest BCUT2D eigenvalue weighted by molar-refractivity contribution is 8.93. The van der Waals surface area contributed by atoms with Crippen molar-refractivity contribution in [2.24, 2.45) is 0 Å². The Morgan fingerprint density at radius 1 is 0.895 bits per heavy atom.